The summed E-state index contributed by atoms with van der Waals surface area (Å²) in [5, 5.41) is 3.74. The van der Waals surface area contributed by atoms with Gasteiger partial charge >= 0.3 is 0 Å². The fourth-order valence-corrected chi connectivity index (χ4v) is 3.26. The minimum absolute atomic E-state index is 0.442. The van der Waals surface area contributed by atoms with E-state index >= 15 is 0 Å². The van der Waals surface area contributed by atoms with Crippen molar-refractivity contribution in [1.82, 2.24) is 10.2 Å². The minimum Gasteiger partial charge on any atom is -0.328 e. The number of nitrogens with two attached hydrogens (primary N) is 1. The van der Waals surface area contributed by atoms with E-state index in [4.69, 9.17) is 5.73 Å². The SMILES string of the molecule is CCN1CCCC1CNC1CCCC(N)C1. The highest BCUT2D eigenvalue weighted by Gasteiger charge is 2.25. The molecule has 3 N–H and O–H groups in total. The second kappa shape index (κ2) is 5.99. The van der Waals surface area contributed by atoms with Crippen LogP contribution in [0.1, 0.15) is 45.4 Å². The molecule has 1 aliphatic heterocycles. The Balaban J connectivity index is 1.70. The molecule has 3 nitrogen and oxygen atoms in total. The summed E-state index contributed by atoms with van der Waals surface area (Å²) in [6.45, 7) is 5.95. The smallest absolute Gasteiger partial charge is 0.0221 e. The normalized spacial score (nSPS) is 36.8. The minimum atomic E-state index is 0.442. The summed E-state index contributed by atoms with van der Waals surface area (Å²) in [6.07, 6.45) is 7.79. The molecule has 0 radical (unpaired) electrons. The molecule has 0 bridgehead atoms. The Labute approximate surface area is 99.8 Å². The standard InChI is InChI=1S/C13H27N3/c1-2-16-8-4-7-13(16)10-15-12-6-3-5-11(14)9-12/h11-13,15H,2-10,14H2,1H3. The summed E-state index contributed by atoms with van der Waals surface area (Å²) in [5.41, 5.74) is 6.01. The van der Waals surface area contributed by atoms with Crippen molar-refractivity contribution < 1.29 is 0 Å². The molecule has 3 heteroatoms. The largest absolute Gasteiger partial charge is 0.328 e. The average molecular weight is 225 g/mol. The molecule has 2 rings (SSSR count). The van der Waals surface area contributed by atoms with Crippen LogP contribution in [0, 0.1) is 0 Å². The lowest BCUT2D eigenvalue weighted by atomic mass is 9.91. The van der Waals surface area contributed by atoms with E-state index in [2.05, 4.69) is 17.1 Å². The van der Waals surface area contributed by atoms with E-state index in [-0.39, 0.29) is 0 Å². The van der Waals surface area contributed by atoms with Crippen molar-refractivity contribution >= 4 is 0 Å². The van der Waals surface area contributed by atoms with Crippen LogP contribution in [-0.4, -0.2) is 42.7 Å². The first-order valence-corrected chi connectivity index (χ1v) is 7.02. The van der Waals surface area contributed by atoms with Gasteiger partial charge in [0.15, 0.2) is 0 Å². The first-order valence-electron chi connectivity index (χ1n) is 7.02. The topological polar surface area (TPSA) is 41.3 Å². The summed E-state index contributed by atoms with van der Waals surface area (Å²) in [7, 11) is 0. The molecule has 2 fully saturated rings. The molecule has 0 aromatic heterocycles. The Kier molecular flexibility index (Phi) is 4.62. The predicted octanol–water partition coefficient (Wildman–Crippen LogP) is 1.33. The lowest BCUT2D eigenvalue weighted by molar-refractivity contribution is 0.241. The van der Waals surface area contributed by atoms with Crippen LogP contribution in [0.3, 0.4) is 0 Å². The van der Waals surface area contributed by atoms with E-state index in [1.54, 1.807) is 0 Å². The zero-order chi connectivity index (χ0) is 11.4. The molecule has 3 unspecified atom stereocenters. The third kappa shape index (κ3) is 3.19. The van der Waals surface area contributed by atoms with Crippen molar-refractivity contribution in [1.29, 1.82) is 0 Å². The fourth-order valence-electron chi connectivity index (χ4n) is 3.26. The van der Waals surface area contributed by atoms with Gasteiger partial charge in [-0.25, -0.2) is 0 Å². The van der Waals surface area contributed by atoms with E-state index in [0.717, 1.165) is 6.04 Å². The van der Waals surface area contributed by atoms with Crippen LogP contribution < -0.4 is 11.1 Å². The predicted molar refractivity (Wildman–Crippen MR) is 68.5 cm³/mol. The summed E-state index contributed by atoms with van der Waals surface area (Å²) >= 11 is 0. The molecule has 1 saturated carbocycles. The van der Waals surface area contributed by atoms with Gasteiger partial charge in [-0.3, -0.25) is 4.90 Å². The molecule has 1 heterocycles. The number of hydrogen-bond acceptors (Lipinski definition) is 3. The number of likely N-dealkylation sites (tertiary alicyclic amines) is 1. The summed E-state index contributed by atoms with van der Waals surface area (Å²) in [5.74, 6) is 0. The van der Waals surface area contributed by atoms with Crippen LogP contribution in [0.25, 0.3) is 0 Å². The van der Waals surface area contributed by atoms with Gasteiger partial charge in [-0.15, -0.1) is 0 Å². The van der Waals surface area contributed by atoms with Crippen LogP contribution in [0.15, 0.2) is 0 Å². The van der Waals surface area contributed by atoms with E-state index in [1.807, 2.05) is 0 Å². The maximum atomic E-state index is 6.01. The van der Waals surface area contributed by atoms with Crippen LogP contribution in [-0.2, 0) is 0 Å². The Morgan fingerprint density at radius 3 is 2.88 bits per heavy atom. The number of nitrogens with zero attached hydrogens (tertiary/aromatic N) is 1. The number of nitrogens with one attached hydrogen (secondary N) is 1. The van der Waals surface area contributed by atoms with Crippen LogP contribution in [0.2, 0.25) is 0 Å². The lowest BCUT2D eigenvalue weighted by Crippen LogP contribution is -2.45. The number of rotatable bonds is 4. The summed E-state index contributed by atoms with van der Waals surface area (Å²) < 4.78 is 0. The Bertz CT molecular complexity index is 207. The zero-order valence-electron chi connectivity index (χ0n) is 10.6. The van der Waals surface area contributed by atoms with Crippen LogP contribution in [0.4, 0.5) is 0 Å². The van der Waals surface area contributed by atoms with Crippen LogP contribution in [0.5, 0.6) is 0 Å². The maximum Gasteiger partial charge on any atom is 0.0221 e. The quantitative estimate of drug-likeness (QED) is 0.758. The lowest BCUT2D eigenvalue weighted by Gasteiger charge is -2.30. The first-order chi connectivity index (χ1) is 7.79. The molecule has 1 aliphatic carbocycles. The van der Waals surface area contributed by atoms with E-state index < -0.39 is 0 Å². The molecule has 16 heavy (non-hydrogen) atoms. The van der Waals surface area contributed by atoms with E-state index in [9.17, 15) is 0 Å². The third-order valence-corrected chi connectivity index (χ3v) is 4.26. The van der Waals surface area contributed by atoms with Crippen LogP contribution >= 0.6 is 0 Å². The summed E-state index contributed by atoms with van der Waals surface area (Å²) in [6, 6.07) is 1.91. The molecular weight excluding hydrogens is 198 g/mol. The van der Waals surface area contributed by atoms with Gasteiger partial charge < -0.3 is 11.1 Å². The highest BCUT2D eigenvalue weighted by molar-refractivity contribution is 4.84. The van der Waals surface area contributed by atoms with Gasteiger partial charge in [0.2, 0.25) is 0 Å². The molecule has 2 aliphatic rings. The van der Waals surface area contributed by atoms with Crippen molar-refractivity contribution in [3.63, 3.8) is 0 Å². The van der Waals surface area contributed by atoms with Gasteiger partial charge in [0.25, 0.3) is 0 Å². The van der Waals surface area contributed by atoms with Crippen molar-refractivity contribution in [2.45, 2.75) is 63.6 Å². The van der Waals surface area contributed by atoms with Crippen molar-refractivity contribution in [3.8, 4) is 0 Å². The Morgan fingerprint density at radius 1 is 1.25 bits per heavy atom. The molecular formula is C13H27N3. The van der Waals surface area contributed by atoms with Gasteiger partial charge in [0, 0.05) is 24.7 Å². The van der Waals surface area contributed by atoms with Crippen molar-refractivity contribution in [2.24, 2.45) is 5.73 Å². The van der Waals surface area contributed by atoms with Gasteiger partial charge in [0.05, 0.1) is 0 Å². The number of likely N-dealkylation sites (N-methyl/N-ethyl adjacent to an activating group) is 1. The average Bonchev–Trinajstić information content (AvgIpc) is 2.74. The molecule has 0 aromatic rings. The van der Waals surface area contributed by atoms with Gasteiger partial charge in [-0.1, -0.05) is 13.3 Å². The van der Waals surface area contributed by atoms with E-state index in [1.165, 1.54) is 58.2 Å². The third-order valence-electron chi connectivity index (χ3n) is 4.26. The first kappa shape index (κ1) is 12.3. The molecule has 0 spiro atoms. The van der Waals surface area contributed by atoms with Gasteiger partial charge in [-0.2, -0.15) is 0 Å². The van der Waals surface area contributed by atoms with Crippen molar-refractivity contribution in [3.05, 3.63) is 0 Å². The fraction of sp³-hybridized carbons (Fsp3) is 1.00. The highest BCUT2D eigenvalue weighted by atomic mass is 15.2. The molecule has 3 atom stereocenters. The second-order valence-corrected chi connectivity index (χ2v) is 5.46. The van der Waals surface area contributed by atoms with E-state index in [0.29, 0.717) is 12.1 Å². The molecule has 0 amide bonds. The Hall–Kier alpha value is -0.120. The Morgan fingerprint density at radius 2 is 2.12 bits per heavy atom. The zero-order valence-corrected chi connectivity index (χ0v) is 10.6. The van der Waals surface area contributed by atoms with Gasteiger partial charge in [-0.05, 0) is 45.2 Å². The number of hydrogen-bond donors (Lipinski definition) is 2. The maximum absolute atomic E-state index is 6.01. The van der Waals surface area contributed by atoms with Gasteiger partial charge in [0.1, 0.15) is 0 Å². The molecule has 0 aromatic carbocycles. The molecule has 94 valence electrons. The monoisotopic (exact) mass is 225 g/mol. The summed E-state index contributed by atoms with van der Waals surface area (Å²) in [4.78, 5) is 2.61. The van der Waals surface area contributed by atoms with Crippen molar-refractivity contribution in [2.75, 3.05) is 19.6 Å². The molecule has 1 saturated heterocycles. The highest BCUT2D eigenvalue weighted by Crippen LogP contribution is 2.19. The second-order valence-electron chi connectivity index (χ2n) is 5.46.